The summed E-state index contributed by atoms with van der Waals surface area (Å²) >= 11 is 2.02. The van der Waals surface area contributed by atoms with Gasteiger partial charge in [-0.05, 0) is 65.6 Å². The van der Waals surface area contributed by atoms with Crippen LogP contribution in [0.3, 0.4) is 0 Å². The maximum absolute atomic E-state index is 13.0. The Morgan fingerprint density at radius 3 is 2.65 bits per heavy atom. The normalized spacial score (nSPS) is 17.8. The number of amides is 1. The van der Waals surface area contributed by atoms with Crippen molar-refractivity contribution in [2.24, 2.45) is 11.1 Å². The molecule has 0 unspecified atom stereocenters. The van der Waals surface area contributed by atoms with Crippen molar-refractivity contribution < 1.29 is 9.18 Å². The molecule has 0 bridgehead atoms. The lowest BCUT2D eigenvalue weighted by Gasteiger charge is -2.35. The van der Waals surface area contributed by atoms with E-state index in [1.165, 1.54) is 18.6 Å². The largest absolute Gasteiger partial charge is 0.330 e. The van der Waals surface area contributed by atoms with Gasteiger partial charge in [0.1, 0.15) is 5.82 Å². The number of nitrogens with two attached hydrogens (primary N) is 1. The minimum atomic E-state index is -0.293. The fraction of sp³-hybridized carbons (Fsp3) is 0.533. The Labute approximate surface area is 132 Å². The van der Waals surface area contributed by atoms with Gasteiger partial charge in [0.25, 0.3) is 0 Å². The molecule has 0 saturated heterocycles. The molecule has 2 rings (SSSR count). The van der Waals surface area contributed by atoms with Crippen molar-refractivity contribution in [2.45, 2.75) is 38.5 Å². The Bertz CT molecular complexity index is 487. The molecular formula is C15H20FIN2O. The quantitative estimate of drug-likeness (QED) is 0.771. The number of benzene rings is 1. The van der Waals surface area contributed by atoms with Crippen molar-refractivity contribution in [3.63, 3.8) is 0 Å². The minimum Gasteiger partial charge on any atom is -0.330 e. The van der Waals surface area contributed by atoms with Crippen LogP contribution in [-0.4, -0.2) is 12.5 Å². The fourth-order valence-electron chi connectivity index (χ4n) is 2.88. The summed E-state index contributed by atoms with van der Waals surface area (Å²) in [4.78, 5) is 12.2. The van der Waals surface area contributed by atoms with Gasteiger partial charge in [-0.1, -0.05) is 19.3 Å². The van der Waals surface area contributed by atoms with Crippen LogP contribution in [0, 0.1) is 14.8 Å². The van der Waals surface area contributed by atoms with E-state index in [0.29, 0.717) is 22.2 Å². The second-order valence-electron chi connectivity index (χ2n) is 5.61. The molecule has 3 nitrogen and oxygen atoms in total. The molecule has 1 fully saturated rings. The third-order valence-corrected chi connectivity index (χ3v) is 4.98. The average molecular weight is 390 g/mol. The monoisotopic (exact) mass is 390 g/mol. The summed E-state index contributed by atoms with van der Waals surface area (Å²) < 4.78 is 13.7. The third kappa shape index (κ3) is 3.91. The van der Waals surface area contributed by atoms with E-state index in [2.05, 4.69) is 5.32 Å². The SMILES string of the molecule is NCC1(CC(=O)Nc2ccc(F)cc2I)CCCCC1. The summed E-state index contributed by atoms with van der Waals surface area (Å²) in [6.07, 6.45) is 6.04. The molecule has 1 aliphatic carbocycles. The van der Waals surface area contributed by atoms with E-state index < -0.39 is 0 Å². The molecule has 1 saturated carbocycles. The molecule has 0 heterocycles. The number of carbonyl (C=O) groups is 1. The molecule has 1 aromatic carbocycles. The number of carbonyl (C=O) groups excluding carboxylic acids is 1. The Morgan fingerprint density at radius 1 is 1.35 bits per heavy atom. The smallest absolute Gasteiger partial charge is 0.225 e. The molecule has 1 amide bonds. The standard InChI is InChI=1S/C15H20FIN2O/c16-11-4-5-13(12(17)8-11)19-14(20)9-15(10-18)6-2-1-3-7-15/h4-5,8H,1-3,6-7,9-10,18H2,(H,19,20). The van der Waals surface area contributed by atoms with E-state index in [0.717, 1.165) is 25.7 Å². The average Bonchev–Trinajstić information content (AvgIpc) is 2.43. The molecule has 1 aliphatic rings. The predicted molar refractivity (Wildman–Crippen MR) is 86.9 cm³/mol. The zero-order chi connectivity index (χ0) is 14.6. The van der Waals surface area contributed by atoms with E-state index in [9.17, 15) is 9.18 Å². The number of halogens is 2. The van der Waals surface area contributed by atoms with Gasteiger partial charge in [-0.25, -0.2) is 4.39 Å². The van der Waals surface area contributed by atoms with Crippen LogP contribution >= 0.6 is 22.6 Å². The van der Waals surface area contributed by atoms with Crippen LogP contribution in [0.5, 0.6) is 0 Å². The Morgan fingerprint density at radius 2 is 2.05 bits per heavy atom. The van der Waals surface area contributed by atoms with Crippen LogP contribution in [0.2, 0.25) is 0 Å². The highest BCUT2D eigenvalue weighted by atomic mass is 127. The second-order valence-corrected chi connectivity index (χ2v) is 6.78. The van der Waals surface area contributed by atoms with Crippen LogP contribution in [0.25, 0.3) is 0 Å². The van der Waals surface area contributed by atoms with E-state index in [1.54, 1.807) is 6.07 Å². The molecule has 3 N–H and O–H groups in total. The summed E-state index contributed by atoms with van der Waals surface area (Å²) in [5, 5.41) is 2.88. The highest BCUT2D eigenvalue weighted by molar-refractivity contribution is 14.1. The van der Waals surface area contributed by atoms with Crippen LogP contribution in [0.4, 0.5) is 10.1 Å². The fourth-order valence-corrected chi connectivity index (χ4v) is 3.49. The summed E-state index contributed by atoms with van der Waals surface area (Å²) in [6.45, 7) is 0.556. The number of rotatable bonds is 4. The van der Waals surface area contributed by atoms with Gasteiger partial charge in [-0.3, -0.25) is 4.79 Å². The van der Waals surface area contributed by atoms with Crippen LogP contribution in [0.15, 0.2) is 18.2 Å². The van der Waals surface area contributed by atoms with Gasteiger partial charge in [-0.15, -0.1) is 0 Å². The van der Waals surface area contributed by atoms with E-state index in [-0.39, 0.29) is 17.1 Å². The molecule has 1 aromatic rings. The van der Waals surface area contributed by atoms with Crippen molar-refractivity contribution in [1.29, 1.82) is 0 Å². The van der Waals surface area contributed by atoms with Crippen molar-refractivity contribution >= 4 is 34.2 Å². The van der Waals surface area contributed by atoms with Gasteiger partial charge in [0, 0.05) is 9.99 Å². The maximum atomic E-state index is 13.0. The van der Waals surface area contributed by atoms with Crippen LogP contribution < -0.4 is 11.1 Å². The van der Waals surface area contributed by atoms with Crippen molar-refractivity contribution in [3.05, 3.63) is 27.6 Å². The first-order valence-corrected chi connectivity index (χ1v) is 8.07. The highest BCUT2D eigenvalue weighted by Gasteiger charge is 2.33. The van der Waals surface area contributed by atoms with E-state index >= 15 is 0 Å². The molecular weight excluding hydrogens is 370 g/mol. The first-order chi connectivity index (χ1) is 9.54. The first kappa shape index (κ1) is 15.7. The predicted octanol–water partition coefficient (Wildman–Crippen LogP) is 3.67. The molecule has 5 heteroatoms. The van der Waals surface area contributed by atoms with Crippen molar-refractivity contribution in [2.75, 3.05) is 11.9 Å². The first-order valence-electron chi connectivity index (χ1n) is 7.00. The van der Waals surface area contributed by atoms with Crippen LogP contribution in [-0.2, 0) is 4.79 Å². The van der Waals surface area contributed by atoms with Gasteiger partial charge in [0.2, 0.25) is 5.91 Å². The number of nitrogens with one attached hydrogen (secondary N) is 1. The zero-order valence-corrected chi connectivity index (χ0v) is 13.6. The van der Waals surface area contributed by atoms with Crippen molar-refractivity contribution in [3.8, 4) is 0 Å². The van der Waals surface area contributed by atoms with Gasteiger partial charge >= 0.3 is 0 Å². The number of anilines is 1. The molecule has 0 aromatic heterocycles. The minimum absolute atomic E-state index is 0.0260. The zero-order valence-electron chi connectivity index (χ0n) is 11.4. The molecule has 110 valence electrons. The molecule has 0 spiro atoms. The lowest BCUT2D eigenvalue weighted by atomic mass is 9.71. The Hall–Kier alpha value is -0.690. The second kappa shape index (κ2) is 6.85. The molecule has 20 heavy (non-hydrogen) atoms. The summed E-state index contributed by atoms with van der Waals surface area (Å²) in [5.41, 5.74) is 6.52. The van der Waals surface area contributed by atoms with Gasteiger partial charge < -0.3 is 11.1 Å². The topological polar surface area (TPSA) is 55.1 Å². The van der Waals surface area contributed by atoms with Crippen molar-refractivity contribution in [1.82, 2.24) is 0 Å². The Balaban J connectivity index is 2.00. The highest BCUT2D eigenvalue weighted by Crippen LogP contribution is 2.38. The van der Waals surface area contributed by atoms with Gasteiger partial charge in [0.05, 0.1) is 5.69 Å². The lowest BCUT2D eigenvalue weighted by molar-refractivity contribution is -0.118. The van der Waals surface area contributed by atoms with Gasteiger partial charge in [-0.2, -0.15) is 0 Å². The summed E-state index contributed by atoms with van der Waals surface area (Å²) in [7, 11) is 0. The maximum Gasteiger partial charge on any atom is 0.225 e. The Kier molecular flexibility index (Phi) is 5.37. The van der Waals surface area contributed by atoms with Gasteiger partial charge in [0.15, 0.2) is 0 Å². The number of hydrogen-bond acceptors (Lipinski definition) is 2. The third-order valence-electron chi connectivity index (χ3n) is 4.09. The lowest BCUT2D eigenvalue weighted by Crippen LogP contribution is -2.36. The number of hydrogen-bond donors (Lipinski definition) is 2. The van der Waals surface area contributed by atoms with Crippen LogP contribution in [0.1, 0.15) is 38.5 Å². The summed E-state index contributed by atoms with van der Waals surface area (Å²) in [5.74, 6) is -0.319. The molecule has 0 radical (unpaired) electrons. The van der Waals surface area contributed by atoms with E-state index in [4.69, 9.17) is 5.73 Å². The molecule has 0 aliphatic heterocycles. The molecule has 0 atom stereocenters. The van der Waals surface area contributed by atoms with E-state index in [1.807, 2.05) is 22.6 Å². The summed E-state index contributed by atoms with van der Waals surface area (Å²) in [6, 6.07) is 4.37.